The van der Waals surface area contributed by atoms with E-state index in [9.17, 15) is 9.59 Å². The van der Waals surface area contributed by atoms with Crippen molar-refractivity contribution in [1.82, 2.24) is 9.78 Å². The van der Waals surface area contributed by atoms with Gasteiger partial charge in [0, 0.05) is 17.8 Å². The molecule has 2 heterocycles. The Bertz CT molecular complexity index is 963. The highest BCUT2D eigenvalue weighted by atomic mass is 16.2. The van der Waals surface area contributed by atoms with Gasteiger partial charge in [-0.15, -0.1) is 0 Å². The Kier molecular flexibility index (Phi) is 3.72. The second kappa shape index (κ2) is 6.05. The maximum Gasteiger partial charge on any atom is 0.249 e. The van der Waals surface area contributed by atoms with Gasteiger partial charge in [-0.25, -0.2) is 0 Å². The van der Waals surface area contributed by atoms with Crippen LogP contribution in [0.15, 0.2) is 54.7 Å². The van der Waals surface area contributed by atoms with Crippen LogP contribution in [0.25, 0.3) is 10.9 Å². The van der Waals surface area contributed by atoms with Crippen LogP contribution in [-0.2, 0) is 16.1 Å². The van der Waals surface area contributed by atoms with E-state index in [4.69, 9.17) is 0 Å². The number of carbonyl (C=O) groups is 2. The van der Waals surface area contributed by atoms with Crippen molar-refractivity contribution in [3.63, 3.8) is 0 Å². The normalized spacial score (nSPS) is 17.1. The molecule has 0 bridgehead atoms. The molecule has 0 fully saturated rings. The van der Waals surface area contributed by atoms with Gasteiger partial charge in [-0.1, -0.05) is 30.3 Å². The Labute approximate surface area is 145 Å². The summed E-state index contributed by atoms with van der Waals surface area (Å²) < 4.78 is 1.70. The minimum atomic E-state index is -0.224. The monoisotopic (exact) mass is 334 g/mol. The third-order valence-corrected chi connectivity index (χ3v) is 4.46. The molecule has 6 nitrogen and oxygen atoms in total. The van der Waals surface area contributed by atoms with Crippen molar-refractivity contribution >= 4 is 34.1 Å². The molecular formula is C19H18N4O2. The summed E-state index contributed by atoms with van der Waals surface area (Å²) in [6, 6.07) is 14.9. The van der Waals surface area contributed by atoms with E-state index in [-0.39, 0.29) is 30.8 Å². The fourth-order valence-corrected chi connectivity index (χ4v) is 3.32. The lowest BCUT2D eigenvalue weighted by molar-refractivity contribution is -0.120. The number of fused-ring (bicyclic) bond motifs is 2. The SMILES string of the molecule is CC1CC(=O)Nc2ccccc2N1C(=O)Cn1ncc2ccccc21. The quantitative estimate of drug-likeness (QED) is 0.783. The number of rotatable bonds is 2. The highest BCUT2D eigenvalue weighted by Gasteiger charge is 2.29. The van der Waals surface area contributed by atoms with Gasteiger partial charge >= 0.3 is 0 Å². The van der Waals surface area contributed by atoms with Crippen LogP contribution in [0.1, 0.15) is 13.3 Å². The Balaban J connectivity index is 1.70. The van der Waals surface area contributed by atoms with E-state index in [2.05, 4.69) is 10.4 Å². The first-order chi connectivity index (χ1) is 12.1. The van der Waals surface area contributed by atoms with Crippen LogP contribution in [0.3, 0.4) is 0 Å². The standard InChI is InChI=1S/C19H18N4O2/c1-13-10-18(24)21-15-7-3-5-9-17(15)23(13)19(25)12-22-16-8-4-2-6-14(16)11-20-22/h2-9,11,13H,10,12H2,1H3,(H,21,24). The summed E-state index contributed by atoms with van der Waals surface area (Å²) in [5, 5.41) is 8.20. The molecule has 25 heavy (non-hydrogen) atoms. The van der Waals surface area contributed by atoms with Crippen molar-refractivity contribution in [2.45, 2.75) is 25.9 Å². The van der Waals surface area contributed by atoms with E-state index in [0.717, 1.165) is 16.6 Å². The molecule has 1 unspecified atom stereocenters. The van der Waals surface area contributed by atoms with E-state index in [1.807, 2.05) is 55.5 Å². The zero-order chi connectivity index (χ0) is 17.4. The van der Waals surface area contributed by atoms with Crippen LogP contribution in [0.2, 0.25) is 0 Å². The average Bonchev–Trinajstić information content (AvgIpc) is 2.93. The summed E-state index contributed by atoms with van der Waals surface area (Å²) in [7, 11) is 0. The van der Waals surface area contributed by atoms with Gasteiger partial charge in [-0.05, 0) is 25.1 Å². The lowest BCUT2D eigenvalue weighted by Crippen LogP contribution is -2.41. The number of nitrogens with one attached hydrogen (secondary N) is 1. The Morgan fingerprint density at radius 3 is 2.84 bits per heavy atom. The molecule has 1 atom stereocenters. The minimum absolute atomic E-state index is 0.0835. The van der Waals surface area contributed by atoms with Crippen LogP contribution in [0.5, 0.6) is 0 Å². The lowest BCUT2D eigenvalue weighted by Gasteiger charge is -2.28. The van der Waals surface area contributed by atoms with Crippen molar-refractivity contribution in [3.05, 3.63) is 54.7 Å². The number of amides is 2. The van der Waals surface area contributed by atoms with Crippen LogP contribution >= 0.6 is 0 Å². The number of para-hydroxylation sites is 3. The van der Waals surface area contributed by atoms with Gasteiger partial charge in [-0.3, -0.25) is 14.3 Å². The first-order valence-electron chi connectivity index (χ1n) is 8.25. The molecule has 0 spiro atoms. The first-order valence-corrected chi connectivity index (χ1v) is 8.25. The summed E-state index contributed by atoms with van der Waals surface area (Å²) in [5.41, 5.74) is 2.30. The Hall–Kier alpha value is -3.15. The van der Waals surface area contributed by atoms with Crippen LogP contribution in [0.4, 0.5) is 11.4 Å². The maximum absolute atomic E-state index is 13.1. The molecule has 126 valence electrons. The molecule has 2 amide bonds. The predicted octanol–water partition coefficient (Wildman–Crippen LogP) is 2.80. The fourth-order valence-electron chi connectivity index (χ4n) is 3.32. The Morgan fingerprint density at radius 1 is 1.20 bits per heavy atom. The largest absolute Gasteiger partial charge is 0.324 e. The second-order valence-electron chi connectivity index (χ2n) is 6.24. The number of hydrogen-bond donors (Lipinski definition) is 1. The zero-order valence-corrected chi connectivity index (χ0v) is 13.8. The average molecular weight is 334 g/mol. The molecule has 1 N–H and O–H groups in total. The molecule has 2 aromatic carbocycles. The minimum Gasteiger partial charge on any atom is -0.324 e. The van der Waals surface area contributed by atoms with Gasteiger partial charge in [0.2, 0.25) is 11.8 Å². The summed E-state index contributed by atoms with van der Waals surface area (Å²) in [6.07, 6.45) is 2.02. The predicted molar refractivity (Wildman–Crippen MR) is 96.4 cm³/mol. The number of carbonyl (C=O) groups excluding carboxylic acids is 2. The molecule has 0 aliphatic carbocycles. The van der Waals surface area contributed by atoms with Crippen molar-refractivity contribution in [1.29, 1.82) is 0 Å². The third kappa shape index (κ3) is 2.76. The van der Waals surface area contributed by atoms with Crippen molar-refractivity contribution < 1.29 is 9.59 Å². The molecule has 1 aliphatic rings. The summed E-state index contributed by atoms with van der Waals surface area (Å²) in [6.45, 7) is 2.02. The number of nitrogens with zero attached hydrogens (tertiary/aromatic N) is 3. The van der Waals surface area contributed by atoms with Gasteiger partial charge in [0.05, 0.1) is 23.1 Å². The smallest absolute Gasteiger partial charge is 0.249 e. The van der Waals surface area contributed by atoms with Gasteiger partial charge in [0.25, 0.3) is 0 Å². The van der Waals surface area contributed by atoms with Crippen molar-refractivity contribution in [2.75, 3.05) is 10.2 Å². The number of benzene rings is 2. The zero-order valence-electron chi connectivity index (χ0n) is 13.8. The van der Waals surface area contributed by atoms with E-state index in [0.29, 0.717) is 5.69 Å². The molecule has 1 aromatic heterocycles. The maximum atomic E-state index is 13.1. The molecule has 6 heteroatoms. The topological polar surface area (TPSA) is 67.2 Å². The number of anilines is 2. The third-order valence-electron chi connectivity index (χ3n) is 4.46. The number of hydrogen-bond acceptors (Lipinski definition) is 3. The molecule has 4 rings (SSSR count). The summed E-state index contributed by atoms with van der Waals surface area (Å²) in [4.78, 5) is 26.8. The molecule has 0 saturated heterocycles. The first kappa shape index (κ1) is 15.4. The Morgan fingerprint density at radius 2 is 1.96 bits per heavy atom. The highest BCUT2D eigenvalue weighted by Crippen LogP contribution is 2.31. The van der Waals surface area contributed by atoms with Gasteiger partial charge in [0.1, 0.15) is 6.54 Å². The fraction of sp³-hybridized carbons (Fsp3) is 0.211. The molecular weight excluding hydrogens is 316 g/mol. The molecule has 3 aromatic rings. The van der Waals surface area contributed by atoms with Gasteiger partial charge < -0.3 is 10.2 Å². The van der Waals surface area contributed by atoms with Crippen LogP contribution in [0, 0.1) is 0 Å². The van der Waals surface area contributed by atoms with Crippen molar-refractivity contribution in [3.8, 4) is 0 Å². The lowest BCUT2D eigenvalue weighted by atomic mass is 10.1. The van der Waals surface area contributed by atoms with E-state index < -0.39 is 0 Å². The second-order valence-corrected chi connectivity index (χ2v) is 6.24. The summed E-state index contributed by atoms with van der Waals surface area (Å²) in [5.74, 6) is -0.176. The summed E-state index contributed by atoms with van der Waals surface area (Å²) >= 11 is 0. The van der Waals surface area contributed by atoms with E-state index >= 15 is 0 Å². The van der Waals surface area contributed by atoms with Crippen molar-refractivity contribution in [2.24, 2.45) is 0 Å². The molecule has 0 saturated carbocycles. The molecule has 1 aliphatic heterocycles. The van der Waals surface area contributed by atoms with Crippen LogP contribution in [-0.4, -0.2) is 27.6 Å². The molecule has 0 radical (unpaired) electrons. The number of aromatic nitrogens is 2. The van der Waals surface area contributed by atoms with Gasteiger partial charge in [0.15, 0.2) is 0 Å². The van der Waals surface area contributed by atoms with E-state index in [1.54, 1.807) is 15.8 Å². The highest BCUT2D eigenvalue weighted by molar-refractivity contribution is 6.04. The van der Waals surface area contributed by atoms with Crippen LogP contribution < -0.4 is 10.2 Å². The van der Waals surface area contributed by atoms with E-state index in [1.165, 1.54) is 0 Å². The van der Waals surface area contributed by atoms with Gasteiger partial charge in [-0.2, -0.15) is 5.10 Å².